The minimum atomic E-state index is 0.600. The largest absolute Gasteiger partial charge is 0.495 e. The highest BCUT2D eigenvalue weighted by atomic mass is 35.5. The average molecular weight is 359 g/mol. The summed E-state index contributed by atoms with van der Waals surface area (Å²) in [5.41, 5.74) is 4.12. The predicted molar refractivity (Wildman–Crippen MR) is 98.6 cm³/mol. The van der Waals surface area contributed by atoms with Gasteiger partial charge >= 0.3 is 0 Å². The molecule has 0 spiro atoms. The zero-order chi connectivity index (χ0) is 16.7. The fraction of sp³-hybridized carbons (Fsp3) is 0.176. The fourth-order valence-corrected chi connectivity index (χ4v) is 4.01. The van der Waals surface area contributed by atoms with E-state index in [-0.39, 0.29) is 0 Å². The summed E-state index contributed by atoms with van der Waals surface area (Å²) in [6.45, 7) is 2.01. The van der Waals surface area contributed by atoms with Gasteiger partial charge in [0.15, 0.2) is 0 Å². The normalized spacial score (nSPS) is 14.3. The summed E-state index contributed by atoms with van der Waals surface area (Å²) in [6, 6.07) is 7.74. The molecule has 0 saturated heterocycles. The van der Waals surface area contributed by atoms with Gasteiger partial charge < -0.3 is 9.64 Å². The first-order chi connectivity index (χ1) is 11.7. The van der Waals surface area contributed by atoms with E-state index in [1.807, 2.05) is 41.8 Å². The van der Waals surface area contributed by atoms with Gasteiger partial charge in [-0.2, -0.15) is 0 Å². The monoisotopic (exact) mass is 358 g/mol. The number of hydrogen-bond acceptors (Lipinski definition) is 5. The van der Waals surface area contributed by atoms with Crippen molar-refractivity contribution in [1.82, 2.24) is 14.4 Å². The molecule has 3 aromatic rings. The van der Waals surface area contributed by atoms with Crippen molar-refractivity contribution in [3.63, 3.8) is 0 Å². The molecule has 0 bridgehead atoms. The Morgan fingerprint density at radius 1 is 1.33 bits per heavy atom. The van der Waals surface area contributed by atoms with Gasteiger partial charge in [0, 0.05) is 18.1 Å². The van der Waals surface area contributed by atoms with Crippen molar-refractivity contribution in [2.24, 2.45) is 0 Å². The van der Waals surface area contributed by atoms with Crippen LogP contribution in [0.1, 0.15) is 11.4 Å². The van der Waals surface area contributed by atoms with E-state index < -0.39 is 0 Å². The van der Waals surface area contributed by atoms with Crippen LogP contribution in [0.25, 0.3) is 11.5 Å². The molecule has 7 heteroatoms. The van der Waals surface area contributed by atoms with E-state index in [0.717, 1.165) is 28.6 Å². The zero-order valence-corrected chi connectivity index (χ0v) is 14.8. The number of aryl methyl sites for hydroxylation is 1. The molecule has 0 amide bonds. The minimum absolute atomic E-state index is 0.600. The topological polar surface area (TPSA) is 42.7 Å². The Morgan fingerprint density at radius 3 is 3.00 bits per heavy atom. The maximum atomic E-state index is 6.30. The van der Waals surface area contributed by atoms with E-state index in [4.69, 9.17) is 16.3 Å². The quantitative estimate of drug-likeness (QED) is 0.701. The van der Waals surface area contributed by atoms with Gasteiger partial charge in [0.1, 0.15) is 5.75 Å². The first kappa shape index (κ1) is 15.4. The summed E-state index contributed by atoms with van der Waals surface area (Å²) in [4.78, 5) is 11.1. The van der Waals surface area contributed by atoms with Crippen molar-refractivity contribution >= 4 is 40.5 Å². The van der Waals surface area contributed by atoms with Gasteiger partial charge in [-0.25, -0.2) is 9.97 Å². The van der Waals surface area contributed by atoms with Gasteiger partial charge in [0.25, 0.3) is 0 Å². The van der Waals surface area contributed by atoms with Crippen LogP contribution in [0.4, 0.5) is 5.69 Å². The molecule has 4 rings (SSSR count). The van der Waals surface area contributed by atoms with Crippen molar-refractivity contribution < 1.29 is 4.74 Å². The second-order valence-corrected chi connectivity index (χ2v) is 6.62. The summed E-state index contributed by atoms with van der Waals surface area (Å²) >= 11 is 8.05. The van der Waals surface area contributed by atoms with Crippen molar-refractivity contribution in [1.29, 1.82) is 0 Å². The van der Waals surface area contributed by atoms with Crippen LogP contribution in [0.3, 0.4) is 0 Å². The van der Waals surface area contributed by atoms with Crippen molar-refractivity contribution in [3.8, 4) is 5.75 Å². The molecule has 0 N–H and O–H groups in total. The number of anilines is 1. The number of fused-ring (bicyclic) bond motifs is 1. The lowest BCUT2D eigenvalue weighted by atomic mass is 10.2. The van der Waals surface area contributed by atoms with Crippen LogP contribution in [0, 0.1) is 6.92 Å². The molecule has 0 radical (unpaired) electrons. The Bertz CT molecular complexity index is 953. The highest BCUT2D eigenvalue weighted by Gasteiger charge is 2.24. The first-order valence-electron chi connectivity index (χ1n) is 7.42. The number of thioether (sulfide) groups is 1. The molecule has 0 unspecified atom stereocenters. The van der Waals surface area contributed by atoms with Gasteiger partial charge in [-0.1, -0.05) is 11.6 Å². The van der Waals surface area contributed by atoms with Crippen molar-refractivity contribution in [3.05, 3.63) is 58.5 Å². The molecule has 1 aromatic carbocycles. The van der Waals surface area contributed by atoms with Crippen LogP contribution in [0.15, 0.2) is 42.1 Å². The smallest absolute Gasteiger partial charge is 0.234 e. The maximum absolute atomic E-state index is 6.30. The van der Waals surface area contributed by atoms with Gasteiger partial charge in [-0.3, -0.25) is 4.40 Å². The molecular formula is C17H15ClN4OS. The molecule has 5 nitrogen and oxygen atoms in total. The van der Waals surface area contributed by atoms with E-state index in [9.17, 15) is 0 Å². The summed E-state index contributed by atoms with van der Waals surface area (Å²) in [5, 5.41) is 2.75. The van der Waals surface area contributed by atoms with Gasteiger partial charge in [-0.05, 0) is 36.6 Å². The van der Waals surface area contributed by atoms with Crippen LogP contribution in [0.5, 0.6) is 5.75 Å². The Balaban J connectivity index is 1.80. The Kier molecular flexibility index (Phi) is 3.86. The van der Waals surface area contributed by atoms with Crippen LogP contribution in [0.2, 0.25) is 5.02 Å². The number of methoxy groups -OCH3 is 1. The molecule has 1 aliphatic heterocycles. The molecule has 1 aliphatic rings. The molecule has 0 aliphatic carbocycles. The molecule has 3 heterocycles. The first-order valence-corrected chi connectivity index (χ1v) is 8.84. The number of halogens is 1. The van der Waals surface area contributed by atoms with Crippen LogP contribution in [-0.4, -0.2) is 27.4 Å². The molecule has 0 fully saturated rings. The number of hydrogen-bond donors (Lipinski definition) is 0. The summed E-state index contributed by atoms with van der Waals surface area (Å²) in [6.07, 6.45) is 3.74. The SMILES string of the molecule is COc1ccc(N2CSC=C2c2c(C)nc3ncccn23)cc1Cl. The van der Waals surface area contributed by atoms with Gasteiger partial charge in [0.2, 0.25) is 5.78 Å². The summed E-state index contributed by atoms with van der Waals surface area (Å²) in [5.74, 6) is 2.20. The number of rotatable bonds is 3. The molecule has 2 aromatic heterocycles. The predicted octanol–water partition coefficient (Wildman–Crippen LogP) is 4.21. The van der Waals surface area contributed by atoms with E-state index >= 15 is 0 Å². The zero-order valence-electron chi connectivity index (χ0n) is 13.2. The van der Waals surface area contributed by atoms with Crippen LogP contribution < -0.4 is 9.64 Å². The standard InChI is InChI=1S/C17H15ClN4OS/c1-11-16(21-7-3-6-19-17(21)20-11)14-9-24-10-22(14)12-4-5-15(23-2)13(18)8-12/h3-9H,10H2,1-2H3. The fourth-order valence-electron chi connectivity index (χ4n) is 2.85. The number of benzene rings is 1. The van der Waals surface area contributed by atoms with E-state index in [1.165, 1.54) is 0 Å². The lowest BCUT2D eigenvalue weighted by Gasteiger charge is -2.22. The summed E-state index contributed by atoms with van der Waals surface area (Å²) < 4.78 is 7.26. The second-order valence-electron chi connectivity index (χ2n) is 5.38. The van der Waals surface area contributed by atoms with Gasteiger partial charge in [-0.15, -0.1) is 11.8 Å². The number of imidazole rings is 1. The van der Waals surface area contributed by atoms with E-state index in [0.29, 0.717) is 16.5 Å². The number of aromatic nitrogens is 3. The lowest BCUT2D eigenvalue weighted by molar-refractivity contribution is 0.415. The number of nitrogens with zero attached hydrogens (tertiary/aromatic N) is 4. The van der Waals surface area contributed by atoms with E-state index in [2.05, 4.69) is 20.3 Å². The molecule has 122 valence electrons. The lowest BCUT2D eigenvalue weighted by Crippen LogP contribution is -2.18. The molecule has 24 heavy (non-hydrogen) atoms. The average Bonchev–Trinajstić information content (AvgIpc) is 3.17. The minimum Gasteiger partial charge on any atom is -0.495 e. The maximum Gasteiger partial charge on any atom is 0.234 e. The van der Waals surface area contributed by atoms with Crippen molar-refractivity contribution in [2.75, 3.05) is 17.9 Å². The molecule has 0 saturated carbocycles. The third kappa shape index (κ3) is 2.42. The highest BCUT2D eigenvalue weighted by molar-refractivity contribution is 8.02. The molecule has 0 atom stereocenters. The summed E-state index contributed by atoms with van der Waals surface area (Å²) in [7, 11) is 1.62. The Morgan fingerprint density at radius 2 is 2.21 bits per heavy atom. The van der Waals surface area contributed by atoms with Crippen LogP contribution in [-0.2, 0) is 0 Å². The Hall–Kier alpha value is -2.18. The third-order valence-corrected chi connectivity index (χ3v) is 5.05. The third-order valence-electron chi connectivity index (χ3n) is 3.96. The van der Waals surface area contributed by atoms with Crippen LogP contribution >= 0.6 is 23.4 Å². The molecular weight excluding hydrogens is 344 g/mol. The van der Waals surface area contributed by atoms with E-state index in [1.54, 1.807) is 25.1 Å². The van der Waals surface area contributed by atoms with Gasteiger partial charge in [0.05, 0.1) is 35.1 Å². The van der Waals surface area contributed by atoms with Crippen molar-refractivity contribution in [2.45, 2.75) is 6.92 Å². The Labute approximate surface area is 148 Å². The second kappa shape index (κ2) is 6.03. The highest BCUT2D eigenvalue weighted by Crippen LogP contribution is 2.39. The number of ether oxygens (including phenoxy) is 1.